The molecule has 0 heterocycles. The van der Waals surface area contributed by atoms with E-state index >= 15 is 0 Å². The van der Waals surface area contributed by atoms with Gasteiger partial charge in [-0.3, -0.25) is 4.79 Å². The molecule has 0 aromatic heterocycles. The van der Waals surface area contributed by atoms with Crippen LogP contribution >= 0.6 is 0 Å². The smallest absolute Gasteiger partial charge is 0.304 e. The molecule has 5 nitrogen and oxygen atoms in total. The monoisotopic (exact) mass is 252 g/mol. The molecular formula is C13H20N2O3. The molecule has 1 aromatic rings. The highest BCUT2D eigenvalue weighted by Crippen LogP contribution is 2.22. The van der Waals surface area contributed by atoms with Crippen LogP contribution in [-0.2, 0) is 11.2 Å². The van der Waals surface area contributed by atoms with Crippen molar-refractivity contribution in [2.75, 3.05) is 33.0 Å². The van der Waals surface area contributed by atoms with Gasteiger partial charge < -0.3 is 20.5 Å². The predicted molar refractivity (Wildman–Crippen MR) is 70.9 cm³/mol. The summed E-state index contributed by atoms with van der Waals surface area (Å²) >= 11 is 0. The maximum absolute atomic E-state index is 10.4. The molecule has 1 rings (SSSR count). The van der Waals surface area contributed by atoms with Gasteiger partial charge in [0.1, 0.15) is 5.75 Å². The normalized spacial score (nSPS) is 10.6. The Kier molecular flexibility index (Phi) is 5.45. The first-order valence-corrected chi connectivity index (χ1v) is 5.85. The number of nitrogen functional groups attached to an aromatic ring is 1. The van der Waals surface area contributed by atoms with E-state index in [9.17, 15) is 4.79 Å². The number of carboxylic acids is 1. The maximum atomic E-state index is 10.4. The summed E-state index contributed by atoms with van der Waals surface area (Å²) < 4.78 is 5.09. The van der Waals surface area contributed by atoms with Gasteiger partial charge in [0.25, 0.3) is 0 Å². The standard InChI is InChI=1S/C13H20N2O3/c1-15(8-6-13(16)17)7-5-10-3-4-12(18-2)11(14)9-10/h3-4,9H,5-8,14H2,1-2H3,(H,16,17). The summed E-state index contributed by atoms with van der Waals surface area (Å²) in [6.07, 6.45) is 1.01. The number of hydrogen-bond donors (Lipinski definition) is 2. The molecule has 0 aliphatic carbocycles. The number of nitrogens with two attached hydrogens (primary N) is 1. The van der Waals surface area contributed by atoms with E-state index in [0.29, 0.717) is 18.0 Å². The van der Waals surface area contributed by atoms with Crippen molar-refractivity contribution in [2.45, 2.75) is 12.8 Å². The summed E-state index contributed by atoms with van der Waals surface area (Å²) in [7, 11) is 3.50. The number of ether oxygens (including phenoxy) is 1. The van der Waals surface area contributed by atoms with Gasteiger partial charge in [-0.1, -0.05) is 6.07 Å². The second-order valence-corrected chi connectivity index (χ2v) is 4.27. The second kappa shape index (κ2) is 6.86. The van der Waals surface area contributed by atoms with Crippen LogP contribution in [0.5, 0.6) is 5.75 Å². The number of carboxylic acid groups (broad SMARTS) is 1. The third kappa shape index (κ3) is 4.63. The molecule has 100 valence electrons. The molecule has 0 saturated carbocycles. The van der Waals surface area contributed by atoms with E-state index in [1.54, 1.807) is 7.11 Å². The molecular weight excluding hydrogens is 232 g/mol. The Labute approximate surface area is 107 Å². The van der Waals surface area contributed by atoms with Crippen LogP contribution in [0.4, 0.5) is 5.69 Å². The van der Waals surface area contributed by atoms with Gasteiger partial charge in [0.2, 0.25) is 0 Å². The zero-order chi connectivity index (χ0) is 13.5. The summed E-state index contributed by atoms with van der Waals surface area (Å²) in [5.41, 5.74) is 7.57. The van der Waals surface area contributed by atoms with E-state index in [1.807, 2.05) is 30.1 Å². The van der Waals surface area contributed by atoms with Crippen molar-refractivity contribution in [3.05, 3.63) is 23.8 Å². The molecule has 0 fully saturated rings. The van der Waals surface area contributed by atoms with Gasteiger partial charge in [0.05, 0.1) is 19.2 Å². The van der Waals surface area contributed by atoms with Gasteiger partial charge >= 0.3 is 5.97 Å². The number of benzene rings is 1. The van der Waals surface area contributed by atoms with Crippen molar-refractivity contribution in [1.29, 1.82) is 0 Å². The zero-order valence-corrected chi connectivity index (χ0v) is 10.8. The average molecular weight is 252 g/mol. The molecule has 0 unspecified atom stereocenters. The van der Waals surface area contributed by atoms with Gasteiger partial charge in [-0.2, -0.15) is 0 Å². The largest absolute Gasteiger partial charge is 0.495 e. The third-order valence-electron chi connectivity index (χ3n) is 2.78. The van der Waals surface area contributed by atoms with Gasteiger partial charge in [-0.05, 0) is 31.2 Å². The van der Waals surface area contributed by atoms with Crippen molar-refractivity contribution in [3.63, 3.8) is 0 Å². The Hall–Kier alpha value is -1.75. The first kappa shape index (κ1) is 14.3. The molecule has 0 saturated heterocycles. The van der Waals surface area contributed by atoms with E-state index in [1.165, 1.54) is 0 Å². The van der Waals surface area contributed by atoms with Gasteiger partial charge in [0.15, 0.2) is 0 Å². The van der Waals surface area contributed by atoms with Crippen LogP contribution < -0.4 is 10.5 Å². The van der Waals surface area contributed by atoms with Crippen LogP contribution in [-0.4, -0.2) is 43.2 Å². The zero-order valence-electron chi connectivity index (χ0n) is 10.8. The molecule has 3 N–H and O–H groups in total. The van der Waals surface area contributed by atoms with Crippen molar-refractivity contribution in [2.24, 2.45) is 0 Å². The van der Waals surface area contributed by atoms with Gasteiger partial charge in [-0.15, -0.1) is 0 Å². The quantitative estimate of drug-likeness (QED) is 0.714. The number of likely N-dealkylation sites (N-methyl/N-ethyl adjacent to an activating group) is 1. The van der Waals surface area contributed by atoms with E-state index in [2.05, 4.69) is 0 Å². The highest BCUT2D eigenvalue weighted by molar-refractivity contribution is 5.66. The Morgan fingerprint density at radius 2 is 2.17 bits per heavy atom. The van der Waals surface area contributed by atoms with Crippen LogP contribution in [0.2, 0.25) is 0 Å². The second-order valence-electron chi connectivity index (χ2n) is 4.27. The summed E-state index contributed by atoms with van der Waals surface area (Å²) in [5, 5.41) is 8.58. The fraction of sp³-hybridized carbons (Fsp3) is 0.462. The lowest BCUT2D eigenvalue weighted by Gasteiger charge is -2.15. The Bertz CT molecular complexity index is 407. The van der Waals surface area contributed by atoms with E-state index in [-0.39, 0.29) is 6.42 Å². The molecule has 0 spiro atoms. The molecule has 0 bridgehead atoms. The maximum Gasteiger partial charge on any atom is 0.304 e. The van der Waals surface area contributed by atoms with Crippen LogP contribution in [0.15, 0.2) is 18.2 Å². The number of aliphatic carboxylic acids is 1. The SMILES string of the molecule is COc1ccc(CCN(C)CCC(=O)O)cc1N. The number of nitrogens with zero attached hydrogens (tertiary/aromatic N) is 1. The predicted octanol–water partition coefficient (Wildman–Crippen LogP) is 1.23. The van der Waals surface area contributed by atoms with E-state index in [0.717, 1.165) is 18.5 Å². The highest BCUT2D eigenvalue weighted by Gasteiger charge is 2.04. The summed E-state index contributed by atoms with van der Waals surface area (Å²) in [4.78, 5) is 12.4. The molecule has 5 heteroatoms. The minimum Gasteiger partial charge on any atom is -0.495 e. The highest BCUT2D eigenvalue weighted by atomic mass is 16.5. The number of hydrogen-bond acceptors (Lipinski definition) is 4. The minimum absolute atomic E-state index is 0.168. The van der Waals surface area contributed by atoms with Gasteiger partial charge in [0, 0.05) is 13.1 Å². The number of carbonyl (C=O) groups is 1. The molecule has 0 aliphatic heterocycles. The first-order chi connectivity index (χ1) is 8.52. The number of anilines is 1. The molecule has 0 atom stereocenters. The lowest BCUT2D eigenvalue weighted by Crippen LogP contribution is -2.24. The number of methoxy groups -OCH3 is 1. The van der Waals surface area contributed by atoms with E-state index < -0.39 is 5.97 Å². The average Bonchev–Trinajstić information content (AvgIpc) is 2.34. The van der Waals surface area contributed by atoms with Crippen LogP contribution in [0.25, 0.3) is 0 Å². The van der Waals surface area contributed by atoms with Crippen LogP contribution in [0.1, 0.15) is 12.0 Å². The molecule has 0 amide bonds. The van der Waals surface area contributed by atoms with Crippen LogP contribution in [0, 0.1) is 0 Å². The lowest BCUT2D eigenvalue weighted by atomic mass is 10.1. The topological polar surface area (TPSA) is 75.8 Å². The molecule has 0 aliphatic rings. The Balaban J connectivity index is 2.43. The summed E-state index contributed by atoms with van der Waals surface area (Å²) in [5.74, 6) is -0.0893. The lowest BCUT2D eigenvalue weighted by molar-refractivity contribution is -0.137. The Morgan fingerprint density at radius 3 is 2.72 bits per heavy atom. The van der Waals surface area contributed by atoms with Crippen molar-refractivity contribution in [1.82, 2.24) is 4.90 Å². The third-order valence-corrected chi connectivity index (χ3v) is 2.78. The summed E-state index contributed by atoms with van der Waals surface area (Å²) in [6.45, 7) is 1.36. The fourth-order valence-electron chi connectivity index (χ4n) is 1.66. The van der Waals surface area contributed by atoms with Crippen molar-refractivity contribution < 1.29 is 14.6 Å². The minimum atomic E-state index is -0.768. The first-order valence-electron chi connectivity index (χ1n) is 5.85. The van der Waals surface area contributed by atoms with Crippen molar-refractivity contribution in [3.8, 4) is 5.75 Å². The van der Waals surface area contributed by atoms with Crippen LogP contribution in [0.3, 0.4) is 0 Å². The van der Waals surface area contributed by atoms with Crippen molar-refractivity contribution >= 4 is 11.7 Å². The fourth-order valence-corrected chi connectivity index (χ4v) is 1.66. The molecule has 0 radical (unpaired) electrons. The number of rotatable bonds is 7. The molecule has 18 heavy (non-hydrogen) atoms. The van der Waals surface area contributed by atoms with Gasteiger partial charge in [-0.25, -0.2) is 0 Å². The van der Waals surface area contributed by atoms with E-state index in [4.69, 9.17) is 15.6 Å². The Morgan fingerprint density at radius 1 is 1.44 bits per heavy atom. The molecule has 1 aromatic carbocycles. The summed E-state index contributed by atoms with van der Waals surface area (Å²) in [6, 6.07) is 5.71.